The van der Waals surface area contributed by atoms with Crippen LogP contribution in [0.3, 0.4) is 0 Å². The van der Waals surface area contributed by atoms with E-state index in [0.29, 0.717) is 5.56 Å². The molecule has 0 saturated carbocycles. The highest BCUT2D eigenvalue weighted by atomic mass is 32.2. The Morgan fingerprint density at radius 2 is 1.79 bits per heavy atom. The number of sulfonamides is 2. The average Bonchev–Trinajstić information content (AvgIpc) is 3.14. The van der Waals surface area contributed by atoms with Gasteiger partial charge in [-0.1, -0.05) is 30.3 Å². The maximum atomic E-state index is 11.9. The van der Waals surface area contributed by atoms with Crippen LogP contribution >= 0.6 is 0 Å². The minimum atomic E-state index is -3.82. The molecule has 0 atom stereocenters. The van der Waals surface area contributed by atoms with Gasteiger partial charge in [-0.15, -0.1) is 0 Å². The zero-order valence-electron chi connectivity index (χ0n) is 15.2. The minimum Gasteiger partial charge on any atom is -0.457 e. The Bertz CT molecular complexity index is 1040. The number of furan rings is 1. The first-order valence-electron chi connectivity index (χ1n) is 8.00. The third-order valence-corrected chi connectivity index (χ3v) is 6.13. The number of benzene rings is 1. The summed E-state index contributed by atoms with van der Waals surface area (Å²) in [6, 6.07) is 11.4. The van der Waals surface area contributed by atoms with E-state index in [1.165, 1.54) is 32.3 Å². The number of rotatable bonds is 9. The van der Waals surface area contributed by atoms with Crippen molar-refractivity contribution in [1.29, 1.82) is 0 Å². The summed E-state index contributed by atoms with van der Waals surface area (Å²) >= 11 is 0. The molecule has 0 bridgehead atoms. The number of hydrogen-bond acceptors (Lipinski definition) is 7. The lowest BCUT2D eigenvalue weighted by Gasteiger charge is -2.08. The monoisotopic (exact) mass is 428 g/mol. The van der Waals surface area contributed by atoms with Crippen LogP contribution < -0.4 is 4.72 Å². The van der Waals surface area contributed by atoms with Crippen molar-refractivity contribution >= 4 is 32.1 Å². The summed E-state index contributed by atoms with van der Waals surface area (Å²) in [6.07, 6.45) is 1.39. The lowest BCUT2D eigenvalue weighted by atomic mass is 10.2. The lowest BCUT2D eigenvalue weighted by Crippen LogP contribution is -2.29. The fourth-order valence-electron chi connectivity index (χ4n) is 1.90. The van der Waals surface area contributed by atoms with Crippen molar-refractivity contribution in [1.82, 2.24) is 9.03 Å². The molecule has 2 aromatic rings. The molecule has 0 aliphatic rings. The first-order chi connectivity index (χ1) is 13.1. The van der Waals surface area contributed by atoms with Gasteiger partial charge in [-0.3, -0.25) is 4.79 Å². The van der Waals surface area contributed by atoms with Crippen LogP contribution in [0.1, 0.15) is 11.3 Å². The Morgan fingerprint density at radius 1 is 1.11 bits per heavy atom. The van der Waals surface area contributed by atoms with E-state index in [-0.39, 0.29) is 17.5 Å². The van der Waals surface area contributed by atoms with E-state index in [1.54, 1.807) is 30.3 Å². The second kappa shape index (κ2) is 9.15. The molecule has 1 aromatic carbocycles. The molecule has 0 fully saturated rings. The van der Waals surface area contributed by atoms with Gasteiger partial charge in [0.05, 0.1) is 0 Å². The number of hydrogen-bond donors (Lipinski definition) is 1. The Labute approximate surface area is 163 Å². The van der Waals surface area contributed by atoms with Gasteiger partial charge in [-0.05, 0) is 23.8 Å². The number of nitrogens with one attached hydrogen (secondary N) is 1. The maximum Gasteiger partial charge on any atom is 0.321 e. The highest BCUT2D eigenvalue weighted by Gasteiger charge is 2.21. The predicted molar refractivity (Wildman–Crippen MR) is 102 cm³/mol. The van der Waals surface area contributed by atoms with Gasteiger partial charge in [-0.25, -0.2) is 25.9 Å². The number of ether oxygens (including phenoxy) is 1. The van der Waals surface area contributed by atoms with E-state index in [2.05, 4.69) is 4.72 Å². The summed E-state index contributed by atoms with van der Waals surface area (Å²) in [7, 11) is -4.83. The Morgan fingerprint density at radius 3 is 2.43 bits per heavy atom. The van der Waals surface area contributed by atoms with Crippen molar-refractivity contribution in [2.24, 2.45) is 0 Å². The molecule has 28 heavy (non-hydrogen) atoms. The van der Waals surface area contributed by atoms with Crippen molar-refractivity contribution < 1.29 is 30.8 Å². The van der Waals surface area contributed by atoms with Crippen LogP contribution in [0.2, 0.25) is 0 Å². The first kappa shape index (κ1) is 21.8. The van der Waals surface area contributed by atoms with Crippen molar-refractivity contribution in [3.05, 3.63) is 59.2 Å². The summed E-state index contributed by atoms with van der Waals surface area (Å²) < 4.78 is 60.6. The third-order valence-electron chi connectivity index (χ3n) is 3.40. The Hall–Kier alpha value is -2.47. The summed E-state index contributed by atoms with van der Waals surface area (Å²) in [5, 5.41) is 0.663. The smallest absolute Gasteiger partial charge is 0.321 e. The average molecular weight is 428 g/mol. The van der Waals surface area contributed by atoms with E-state index in [0.717, 1.165) is 9.71 Å². The topological polar surface area (TPSA) is 123 Å². The summed E-state index contributed by atoms with van der Waals surface area (Å²) in [5.74, 6) is -0.731. The molecule has 152 valence electrons. The van der Waals surface area contributed by atoms with Gasteiger partial charge >= 0.3 is 5.97 Å². The summed E-state index contributed by atoms with van der Waals surface area (Å²) in [4.78, 5) is 11.7. The fraction of sp³-hybridized carbons (Fsp3) is 0.235. The van der Waals surface area contributed by atoms with Gasteiger partial charge in [0.15, 0.2) is 0 Å². The van der Waals surface area contributed by atoms with Gasteiger partial charge in [-0.2, -0.15) is 0 Å². The van der Waals surface area contributed by atoms with Gasteiger partial charge in [0.2, 0.25) is 15.1 Å². The van der Waals surface area contributed by atoms with Crippen LogP contribution in [-0.2, 0) is 36.2 Å². The van der Waals surface area contributed by atoms with Crippen molar-refractivity contribution in [3.63, 3.8) is 0 Å². The zero-order chi connectivity index (χ0) is 20.8. The van der Waals surface area contributed by atoms with E-state index in [1.807, 2.05) is 0 Å². The third kappa shape index (κ3) is 6.30. The second-order valence-electron chi connectivity index (χ2n) is 5.75. The molecule has 0 spiro atoms. The molecular formula is C17H20N2O7S2. The largest absolute Gasteiger partial charge is 0.457 e. The Kier molecular flexibility index (Phi) is 7.13. The molecule has 0 amide bonds. The normalized spacial score (nSPS) is 12.5. The summed E-state index contributed by atoms with van der Waals surface area (Å²) in [5.41, 5.74) is 0.691. The molecule has 2 rings (SSSR count). The Balaban J connectivity index is 1.84. The molecule has 0 unspecified atom stereocenters. The molecule has 0 aliphatic heterocycles. The van der Waals surface area contributed by atoms with Crippen LogP contribution in [0.15, 0.2) is 57.4 Å². The van der Waals surface area contributed by atoms with E-state index in [9.17, 15) is 21.6 Å². The molecular weight excluding hydrogens is 408 g/mol. The van der Waals surface area contributed by atoms with Crippen molar-refractivity contribution in [3.8, 4) is 0 Å². The maximum absolute atomic E-state index is 11.9. The summed E-state index contributed by atoms with van der Waals surface area (Å²) in [6.45, 7) is -0.908. The van der Waals surface area contributed by atoms with E-state index in [4.69, 9.17) is 9.15 Å². The highest BCUT2D eigenvalue weighted by molar-refractivity contribution is 7.92. The molecule has 1 N–H and O–H groups in total. The predicted octanol–water partition coefficient (Wildman–Crippen LogP) is 1.16. The van der Waals surface area contributed by atoms with Crippen molar-refractivity contribution in [2.45, 2.75) is 11.7 Å². The van der Waals surface area contributed by atoms with Crippen LogP contribution in [0.4, 0.5) is 0 Å². The van der Waals surface area contributed by atoms with E-state index < -0.39 is 32.6 Å². The second-order valence-corrected chi connectivity index (χ2v) is 9.48. The van der Waals surface area contributed by atoms with Gasteiger partial charge < -0.3 is 9.15 Å². The first-order valence-corrected chi connectivity index (χ1v) is 11.0. The molecule has 1 heterocycles. The molecule has 0 saturated heterocycles. The standard InChI is InChI=1S/C17H20N2O7S2/c1-19(2)28(23,24)17-9-8-15(26-17)13-25-16(20)12-18-27(21,22)11-10-14-6-4-3-5-7-14/h3-11,18H,12-13H2,1-2H3/b11-10+. The van der Waals surface area contributed by atoms with Crippen LogP contribution in [0, 0.1) is 0 Å². The molecule has 9 nitrogen and oxygen atoms in total. The molecule has 0 aliphatic carbocycles. The number of esters is 1. The number of nitrogens with zero attached hydrogens (tertiary/aromatic N) is 1. The fourth-order valence-corrected chi connectivity index (χ4v) is 3.46. The highest BCUT2D eigenvalue weighted by Crippen LogP contribution is 2.17. The molecule has 11 heteroatoms. The SMILES string of the molecule is CN(C)S(=O)(=O)c1ccc(COC(=O)CNS(=O)(=O)/C=C/c2ccccc2)o1. The number of carbonyl (C=O) groups is 1. The minimum absolute atomic E-state index is 0.112. The molecule has 0 radical (unpaired) electrons. The molecule has 1 aromatic heterocycles. The quantitative estimate of drug-likeness (QED) is 0.595. The van der Waals surface area contributed by atoms with E-state index >= 15 is 0 Å². The zero-order valence-corrected chi connectivity index (χ0v) is 16.9. The van der Waals surface area contributed by atoms with Crippen LogP contribution in [0.25, 0.3) is 6.08 Å². The van der Waals surface area contributed by atoms with Gasteiger partial charge in [0, 0.05) is 19.5 Å². The van der Waals surface area contributed by atoms with Crippen LogP contribution in [-0.4, -0.2) is 47.8 Å². The number of carbonyl (C=O) groups excluding carboxylic acids is 1. The van der Waals surface area contributed by atoms with Gasteiger partial charge in [0.25, 0.3) is 10.0 Å². The lowest BCUT2D eigenvalue weighted by molar-refractivity contribution is -0.144. The van der Waals surface area contributed by atoms with Crippen molar-refractivity contribution in [2.75, 3.05) is 20.6 Å². The van der Waals surface area contributed by atoms with Gasteiger partial charge in [0.1, 0.15) is 18.9 Å². The van der Waals surface area contributed by atoms with Crippen LogP contribution in [0.5, 0.6) is 0 Å².